The quantitative estimate of drug-likeness (QED) is 0.708. The molecule has 7 heteroatoms. The molecule has 30 heavy (non-hydrogen) atoms. The number of aromatic nitrogens is 1. The van der Waals surface area contributed by atoms with Gasteiger partial charge < -0.3 is 15.0 Å². The van der Waals surface area contributed by atoms with Gasteiger partial charge in [0.15, 0.2) is 0 Å². The number of hydrogen-bond donors (Lipinski definition) is 1. The van der Waals surface area contributed by atoms with E-state index in [4.69, 9.17) is 4.74 Å². The van der Waals surface area contributed by atoms with Crippen LogP contribution < -0.4 is 15.6 Å². The van der Waals surface area contributed by atoms with Crippen LogP contribution in [0.4, 0.5) is 5.69 Å². The van der Waals surface area contributed by atoms with Crippen molar-refractivity contribution in [3.63, 3.8) is 0 Å². The number of para-hydroxylation sites is 3. The minimum absolute atomic E-state index is 0.133. The molecular weight excluding hydrogens is 382 g/mol. The van der Waals surface area contributed by atoms with Crippen LogP contribution in [0.2, 0.25) is 0 Å². The fourth-order valence-electron chi connectivity index (χ4n) is 3.85. The zero-order chi connectivity index (χ0) is 21.1. The molecule has 1 aromatic heterocycles. The number of likely N-dealkylation sites (tertiary alicyclic amines) is 1. The Kier molecular flexibility index (Phi) is 5.52. The number of carbonyl (C=O) groups is 2. The Morgan fingerprint density at radius 3 is 2.50 bits per heavy atom. The summed E-state index contributed by atoms with van der Waals surface area (Å²) in [6, 6.07) is 15.6. The van der Waals surface area contributed by atoms with Gasteiger partial charge in [-0.1, -0.05) is 30.3 Å². The lowest BCUT2D eigenvalue weighted by molar-refractivity contribution is -0.116. The summed E-state index contributed by atoms with van der Waals surface area (Å²) in [7, 11) is 1.53. The molecule has 2 aromatic carbocycles. The van der Waals surface area contributed by atoms with Crippen molar-refractivity contribution in [2.75, 3.05) is 25.5 Å². The van der Waals surface area contributed by atoms with E-state index in [0.717, 1.165) is 12.8 Å². The summed E-state index contributed by atoms with van der Waals surface area (Å²) in [6.45, 7) is 1.24. The van der Waals surface area contributed by atoms with Gasteiger partial charge >= 0.3 is 0 Å². The predicted molar refractivity (Wildman–Crippen MR) is 115 cm³/mol. The normalized spacial score (nSPS) is 13.4. The smallest absolute Gasteiger partial charge is 0.254 e. The van der Waals surface area contributed by atoms with Gasteiger partial charge in [0.25, 0.3) is 11.5 Å². The molecule has 2 heterocycles. The second-order valence-corrected chi connectivity index (χ2v) is 7.25. The van der Waals surface area contributed by atoms with Gasteiger partial charge in [0.05, 0.1) is 23.9 Å². The Bertz CT molecular complexity index is 1160. The fourth-order valence-corrected chi connectivity index (χ4v) is 3.85. The highest BCUT2D eigenvalue weighted by molar-refractivity contribution is 6.06. The maximum Gasteiger partial charge on any atom is 0.254 e. The van der Waals surface area contributed by atoms with Crippen molar-refractivity contribution in [1.29, 1.82) is 0 Å². The number of carbonyl (C=O) groups excluding carboxylic acids is 2. The van der Waals surface area contributed by atoms with E-state index in [0.29, 0.717) is 41.0 Å². The van der Waals surface area contributed by atoms with Crippen LogP contribution >= 0.6 is 0 Å². The zero-order valence-electron chi connectivity index (χ0n) is 16.8. The number of methoxy groups -OCH3 is 1. The van der Waals surface area contributed by atoms with Crippen LogP contribution in [-0.4, -0.2) is 41.5 Å². The molecule has 0 atom stereocenters. The van der Waals surface area contributed by atoms with E-state index in [1.165, 1.54) is 17.7 Å². The molecule has 1 aliphatic rings. The van der Waals surface area contributed by atoms with E-state index < -0.39 is 0 Å². The molecule has 1 N–H and O–H groups in total. The fraction of sp³-hybridized carbons (Fsp3) is 0.261. The zero-order valence-corrected chi connectivity index (χ0v) is 16.8. The first-order valence-electron chi connectivity index (χ1n) is 9.93. The van der Waals surface area contributed by atoms with E-state index >= 15 is 0 Å². The van der Waals surface area contributed by atoms with E-state index in [1.54, 1.807) is 35.2 Å². The van der Waals surface area contributed by atoms with Crippen molar-refractivity contribution in [1.82, 2.24) is 9.47 Å². The van der Waals surface area contributed by atoms with Crippen molar-refractivity contribution in [3.05, 3.63) is 70.5 Å². The second-order valence-electron chi connectivity index (χ2n) is 7.25. The highest BCUT2D eigenvalue weighted by atomic mass is 16.5. The van der Waals surface area contributed by atoms with Gasteiger partial charge in [0.1, 0.15) is 12.3 Å². The molecule has 0 bridgehead atoms. The third-order valence-corrected chi connectivity index (χ3v) is 5.33. The van der Waals surface area contributed by atoms with Crippen LogP contribution in [0.25, 0.3) is 10.9 Å². The number of ether oxygens (including phenoxy) is 1. The number of anilines is 1. The molecule has 3 aromatic rings. The van der Waals surface area contributed by atoms with Gasteiger partial charge in [0.2, 0.25) is 5.91 Å². The minimum atomic E-state index is -0.383. The van der Waals surface area contributed by atoms with Crippen LogP contribution in [0, 0.1) is 0 Å². The summed E-state index contributed by atoms with van der Waals surface area (Å²) >= 11 is 0. The Morgan fingerprint density at radius 2 is 1.73 bits per heavy atom. The van der Waals surface area contributed by atoms with E-state index in [2.05, 4.69) is 5.32 Å². The lowest BCUT2D eigenvalue weighted by Crippen LogP contribution is -2.32. The lowest BCUT2D eigenvalue weighted by atomic mass is 10.1. The van der Waals surface area contributed by atoms with Crippen LogP contribution in [0.3, 0.4) is 0 Å². The summed E-state index contributed by atoms with van der Waals surface area (Å²) in [4.78, 5) is 40.3. The Labute approximate surface area is 173 Å². The first kappa shape index (κ1) is 19.7. The van der Waals surface area contributed by atoms with Gasteiger partial charge in [-0.25, -0.2) is 0 Å². The molecule has 1 aliphatic heterocycles. The number of fused-ring (bicyclic) bond motifs is 1. The molecule has 0 radical (unpaired) electrons. The van der Waals surface area contributed by atoms with Crippen molar-refractivity contribution in [3.8, 4) is 5.75 Å². The van der Waals surface area contributed by atoms with Crippen molar-refractivity contribution in [2.45, 2.75) is 19.4 Å². The highest BCUT2D eigenvalue weighted by Crippen LogP contribution is 2.24. The molecule has 7 nitrogen and oxygen atoms in total. The molecule has 0 saturated carbocycles. The van der Waals surface area contributed by atoms with Gasteiger partial charge in [-0.2, -0.15) is 0 Å². The van der Waals surface area contributed by atoms with E-state index in [1.807, 2.05) is 18.2 Å². The number of amides is 2. The largest absolute Gasteiger partial charge is 0.495 e. The third kappa shape index (κ3) is 3.78. The molecule has 2 amide bonds. The van der Waals surface area contributed by atoms with E-state index in [9.17, 15) is 14.4 Å². The molecule has 1 saturated heterocycles. The maximum atomic E-state index is 12.9. The number of nitrogens with zero attached hydrogens (tertiary/aromatic N) is 2. The van der Waals surface area contributed by atoms with Crippen LogP contribution in [0.5, 0.6) is 5.75 Å². The first-order chi connectivity index (χ1) is 14.6. The van der Waals surface area contributed by atoms with Crippen LogP contribution in [0.1, 0.15) is 23.2 Å². The maximum absolute atomic E-state index is 12.9. The third-order valence-electron chi connectivity index (χ3n) is 5.33. The van der Waals surface area contributed by atoms with Crippen LogP contribution in [-0.2, 0) is 11.3 Å². The molecule has 1 fully saturated rings. The van der Waals surface area contributed by atoms with Gasteiger partial charge in [-0.05, 0) is 31.0 Å². The average Bonchev–Trinajstić information content (AvgIpc) is 3.30. The summed E-state index contributed by atoms with van der Waals surface area (Å²) in [5, 5.41) is 3.45. The number of nitrogens with one attached hydrogen (secondary N) is 1. The van der Waals surface area contributed by atoms with Crippen molar-refractivity contribution < 1.29 is 14.3 Å². The van der Waals surface area contributed by atoms with Crippen molar-refractivity contribution >= 4 is 28.4 Å². The Morgan fingerprint density at radius 1 is 1.03 bits per heavy atom. The van der Waals surface area contributed by atoms with E-state index in [-0.39, 0.29) is 23.9 Å². The Hall–Kier alpha value is -3.61. The predicted octanol–water partition coefficient (Wildman–Crippen LogP) is 2.88. The topological polar surface area (TPSA) is 80.6 Å². The summed E-state index contributed by atoms with van der Waals surface area (Å²) in [5.74, 6) is 0.0476. The molecule has 154 valence electrons. The summed E-state index contributed by atoms with van der Waals surface area (Å²) in [5.41, 5.74) is 1.09. The molecular formula is C23H23N3O4. The SMILES string of the molecule is COc1ccccc1NC(=O)Cn1c(=O)cc(C(=O)N2CCCC2)c2ccccc21. The molecule has 0 unspecified atom stereocenters. The van der Waals surface area contributed by atoms with Gasteiger partial charge in [-0.3, -0.25) is 19.0 Å². The first-order valence-corrected chi connectivity index (χ1v) is 9.93. The summed E-state index contributed by atoms with van der Waals surface area (Å²) < 4.78 is 6.65. The highest BCUT2D eigenvalue weighted by Gasteiger charge is 2.23. The van der Waals surface area contributed by atoms with Crippen LogP contribution in [0.15, 0.2) is 59.4 Å². The lowest BCUT2D eigenvalue weighted by Gasteiger charge is -2.18. The van der Waals surface area contributed by atoms with Crippen molar-refractivity contribution in [2.24, 2.45) is 0 Å². The second kappa shape index (κ2) is 8.41. The average molecular weight is 405 g/mol. The minimum Gasteiger partial charge on any atom is -0.495 e. The number of hydrogen-bond acceptors (Lipinski definition) is 4. The standard InChI is InChI=1S/C23H23N3O4/c1-30-20-11-5-3-9-18(20)24-21(27)15-26-19-10-4-2-8-16(19)17(14-22(26)28)23(29)25-12-6-7-13-25/h2-5,8-11,14H,6-7,12-13,15H2,1H3,(H,24,27). The van der Waals surface area contributed by atoms with Gasteiger partial charge in [-0.15, -0.1) is 0 Å². The van der Waals surface area contributed by atoms with Gasteiger partial charge in [0, 0.05) is 24.5 Å². The number of pyridine rings is 1. The Balaban J connectivity index is 1.67. The molecule has 0 spiro atoms. The molecule has 4 rings (SSSR count). The monoisotopic (exact) mass is 405 g/mol. The number of rotatable bonds is 5. The molecule has 0 aliphatic carbocycles. The summed E-state index contributed by atoms with van der Waals surface area (Å²) in [6.07, 6.45) is 1.95. The number of benzene rings is 2.